The van der Waals surface area contributed by atoms with Crippen LogP contribution in [0.4, 0.5) is 0 Å². The summed E-state index contributed by atoms with van der Waals surface area (Å²) in [5.74, 6) is 1.30. The first-order valence-electron chi connectivity index (χ1n) is 11.4. The zero-order valence-electron chi connectivity index (χ0n) is 17.1. The first kappa shape index (κ1) is 19.2. The van der Waals surface area contributed by atoms with Crippen LogP contribution in [0.3, 0.4) is 0 Å². The highest BCUT2D eigenvalue weighted by Crippen LogP contribution is 2.33. The highest BCUT2D eigenvalue weighted by atomic mass is 16.2. The van der Waals surface area contributed by atoms with Crippen molar-refractivity contribution in [3.8, 4) is 0 Å². The second kappa shape index (κ2) is 8.50. The fourth-order valence-corrected chi connectivity index (χ4v) is 5.52. The average Bonchev–Trinajstić information content (AvgIpc) is 3.58. The van der Waals surface area contributed by atoms with Crippen molar-refractivity contribution < 1.29 is 9.59 Å². The molecule has 152 valence electrons. The van der Waals surface area contributed by atoms with Gasteiger partial charge in [0.25, 0.3) is 0 Å². The lowest BCUT2D eigenvalue weighted by Gasteiger charge is -2.43. The Morgan fingerprint density at radius 3 is 2.15 bits per heavy atom. The number of piperidine rings is 2. The van der Waals surface area contributed by atoms with Crippen molar-refractivity contribution in [1.82, 2.24) is 14.7 Å². The molecular formula is C22H37N3O2. The van der Waals surface area contributed by atoms with Gasteiger partial charge in [0.1, 0.15) is 0 Å². The summed E-state index contributed by atoms with van der Waals surface area (Å²) in [4.78, 5) is 32.1. The second-order valence-electron chi connectivity index (χ2n) is 9.41. The van der Waals surface area contributed by atoms with Gasteiger partial charge < -0.3 is 9.80 Å². The van der Waals surface area contributed by atoms with Crippen molar-refractivity contribution in [2.45, 2.75) is 82.7 Å². The van der Waals surface area contributed by atoms with E-state index in [2.05, 4.69) is 14.7 Å². The third-order valence-corrected chi connectivity index (χ3v) is 7.49. The van der Waals surface area contributed by atoms with Crippen LogP contribution in [-0.2, 0) is 9.59 Å². The summed E-state index contributed by atoms with van der Waals surface area (Å²) in [5, 5.41) is 0. The normalized spacial score (nSPS) is 28.9. The summed E-state index contributed by atoms with van der Waals surface area (Å²) in [5.41, 5.74) is 0. The second-order valence-corrected chi connectivity index (χ2v) is 9.41. The zero-order valence-corrected chi connectivity index (χ0v) is 17.1. The molecule has 5 nitrogen and oxygen atoms in total. The fraction of sp³-hybridized carbons (Fsp3) is 0.909. The first-order chi connectivity index (χ1) is 13.1. The molecule has 0 bridgehead atoms. The number of amides is 2. The molecule has 0 aromatic rings. The minimum atomic E-state index is 0.178. The molecule has 0 spiro atoms. The van der Waals surface area contributed by atoms with Gasteiger partial charge in [-0.2, -0.15) is 0 Å². The van der Waals surface area contributed by atoms with Gasteiger partial charge in [-0.15, -0.1) is 0 Å². The fourth-order valence-electron chi connectivity index (χ4n) is 5.52. The van der Waals surface area contributed by atoms with E-state index < -0.39 is 0 Å². The number of hydrogen-bond acceptors (Lipinski definition) is 3. The number of rotatable bonds is 4. The molecule has 4 fully saturated rings. The van der Waals surface area contributed by atoms with Gasteiger partial charge >= 0.3 is 0 Å². The summed E-state index contributed by atoms with van der Waals surface area (Å²) in [6, 6.07) is 1.03. The molecule has 0 radical (unpaired) electrons. The molecule has 0 aromatic carbocycles. The van der Waals surface area contributed by atoms with Crippen LogP contribution in [0.25, 0.3) is 0 Å². The standard InChI is InChI=1S/C22H37N3O2/c1-23(19-7-3-2-4-8-19)21(26)18-6-5-13-25(16-18)20-11-14-24(15-12-20)22(27)17-9-10-17/h17-20H,2-16H2,1H3. The molecular weight excluding hydrogens is 338 g/mol. The summed E-state index contributed by atoms with van der Waals surface area (Å²) in [6.07, 6.45) is 12.8. The van der Waals surface area contributed by atoms with Crippen LogP contribution in [0, 0.1) is 11.8 Å². The van der Waals surface area contributed by atoms with Crippen LogP contribution in [-0.4, -0.2) is 71.8 Å². The largest absolute Gasteiger partial charge is 0.342 e. The van der Waals surface area contributed by atoms with Crippen LogP contribution in [0.2, 0.25) is 0 Å². The topological polar surface area (TPSA) is 43.9 Å². The predicted molar refractivity (Wildman–Crippen MR) is 106 cm³/mol. The van der Waals surface area contributed by atoms with Crippen LogP contribution in [0.1, 0.15) is 70.6 Å². The zero-order chi connectivity index (χ0) is 18.8. The van der Waals surface area contributed by atoms with E-state index in [-0.39, 0.29) is 5.92 Å². The van der Waals surface area contributed by atoms with E-state index in [0.717, 1.165) is 64.7 Å². The van der Waals surface area contributed by atoms with Gasteiger partial charge in [0.15, 0.2) is 0 Å². The lowest BCUT2D eigenvalue weighted by atomic mass is 9.90. The Kier molecular flexibility index (Phi) is 6.05. The van der Waals surface area contributed by atoms with E-state index >= 15 is 0 Å². The number of carbonyl (C=O) groups excluding carboxylic acids is 2. The van der Waals surface area contributed by atoms with Gasteiger partial charge in [-0.1, -0.05) is 19.3 Å². The average molecular weight is 376 g/mol. The van der Waals surface area contributed by atoms with Crippen molar-refractivity contribution in [2.75, 3.05) is 33.2 Å². The molecule has 4 aliphatic rings. The highest BCUT2D eigenvalue weighted by Gasteiger charge is 2.37. The van der Waals surface area contributed by atoms with Gasteiger partial charge in [-0.3, -0.25) is 14.5 Å². The number of hydrogen-bond donors (Lipinski definition) is 0. The van der Waals surface area contributed by atoms with Crippen molar-refractivity contribution in [3.63, 3.8) is 0 Å². The Hall–Kier alpha value is -1.10. The Bertz CT molecular complexity index is 534. The van der Waals surface area contributed by atoms with Crippen molar-refractivity contribution in [1.29, 1.82) is 0 Å². The van der Waals surface area contributed by atoms with Crippen LogP contribution in [0.5, 0.6) is 0 Å². The molecule has 0 aromatic heterocycles. The third kappa shape index (κ3) is 4.49. The van der Waals surface area contributed by atoms with Crippen LogP contribution in [0.15, 0.2) is 0 Å². The molecule has 2 aliphatic carbocycles. The molecule has 27 heavy (non-hydrogen) atoms. The minimum Gasteiger partial charge on any atom is -0.342 e. The molecule has 4 rings (SSSR count). The first-order valence-corrected chi connectivity index (χ1v) is 11.4. The third-order valence-electron chi connectivity index (χ3n) is 7.49. The molecule has 2 aliphatic heterocycles. The van der Waals surface area contributed by atoms with Gasteiger partial charge in [0, 0.05) is 44.7 Å². The Balaban J connectivity index is 1.27. The van der Waals surface area contributed by atoms with E-state index in [9.17, 15) is 9.59 Å². The van der Waals surface area contributed by atoms with Gasteiger partial charge in [-0.25, -0.2) is 0 Å². The van der Waals surface area contributed by atoms with E-state index in [1.807, 2.05) is 7.05 Å². The van der Waals surface area contributed by atoms with Crippen molar-refractivity contribution >= 4 is 11.8 Å². The van der Waals surface area contributed by atoms with Gasteiger partial charge in [-0.05, 0) is 57.9 Å². The molecule has 2 amide bonds. The van der Waals surface area contributed by atoms with Crippen LogP contribution < -0.4 is 0 Å². The van der Waals surface area contributed by atoms with E-state index in [0.29, 0.717) is 29.8 Å². The Morgan fingerprint density at radius 2 is 1.48 bits per heavy atom. The predicted octanol–water partition coefficient (Wildman–Crippen LogP) is 2.89. The molecule has 2 saturated carbocycles. The summed E-state index contributed by atoms with van der Waals surface area (Å²) >= 11 is 0. The summed E-state index contributed by atoms with van der Waals surface area (Å²) in [7, 11) is 2.04. The monoisotopic (exact) mass is 375 g/mol. The quantitative estimate of drug-likeness (QED) is 0.759. The molecule has 1 atom stereocenters. The SMILES string of the molecule is CN(C(=O)C1CCCN(C2CCN(C(=O)C3CC3)CC2)C1)C1CCCCC1. The maximum atomic E-state index is 13.1. The van der Waals surface area contributed by atoms with Crippen LogP contribution >= 0.6 is 0 Å². The van der Waals surface area contributed by atoms with E-state index in [1.54, 1.807) is 0 Å². The Labute approximate surface area is 164 Å². The number of carbonyl (C=O) groups is 2. The van der Waals surface area contributed by atoms with Gasteiger partial charge in [0.05, 0.1) is 5.92 Å². The Morgan fingerprint density at radius 1 is 0.778 bits per heavy atom. The summed E-state index contributed by atoms with van der Waals surface area (Å²) < 4.78 is 0. The number of nitrogens with zero attached hydrogens (tertiary/aromatic N) is 3. The number of likely N-dealkylation sites (tertiary alicyclic amines) is 2. The maximum absolute atomic E-state index is 13.1. The van der Waals surface area contributed by atoms with Gasteiger partial charge in [0.2, 0.25) is 11.8 Å². The van der Waals surface area contributed by atoms with E-state index in [1.165, 1.54) is 32.1 Å². The highest BCUT2D eigenvalue weighted by molar-refractivity contribution is 5.81. The lowest BCUT2D eigenvalue weighted by molar-refractivity contribution is -0.139. The minimum absolute atomic E-state index is 0.178. The molecule has 0 N–H and O–H groups in total. The molecule has 1 unspecified atom stereocenters. The van der Waals surface area contributed by atoms with Crippen molar-refractivity contribution in [3.05, 3.63) is 0 Å². The molecule has 2 heterocycles. The lowest BCUT2D eigenvalue weighted by Crippen LogP contribution is -2.52. The maximum Gasteiger partial charge on any atom is 0.226 e. The molecule has 2 saturated heterocycles. The van der Waals surface area contributed by atoms with Crippen molar-refractivity contribution in [2.24, 2.45) is 11.8 Å². The van der Waals surface area contributed by atoms with E-state index in [4.69, 9.17) is 0 Å². The smallest absolute Gasteiger partial charge is 0.226 e. The summed E-state index contributed by atoms with van der Waals surface area (Å²) in [6.45, 7) is 3.88. The molecule has 5 heteroatoms.